The predicted octanol–water partition coefficient (Wildman–Crippen LogP) is 3.28. The Labute approximate surface area is 89.5 Å². The van der Waals surface area contributed by atoms with E-state index < -0.39 is 0 Å². The van der Waals surface area contributed by atoms with Crippen LogP contribution in [0.1, 0.15) is 19.4 Å². The van der Waals surface area contributed by atoms with Gasteiger partial charge in [0, 0.05) is 6.54 Å². The molecule has 0 bridgehead atoms. The molecule has 0 aliphatic carbocycles. The van der Waals surface area contributed by atoms with Gasteiger partial charge in [0.15, 0.2) is 0 Å². The van der Waals surface area contributed by atoms with Gasteiger partial charge in [-0.05, 0) is 18.1 Å². The Kier molecular flexibility index (Phi) is 3.79. The highest BCUT2D eigenvalue weighted by molar-refractivity contribution is 6.32. The summed E-state index contributed by atoms with van der Waals surface area (Å²) in [5, 5.41) is 12.6. The van der Waals surface area contributed by atoms with Crippen molar-refractivity contribution in [2.24, 2.45) is 5.92 Å². The van der Waals surface area contributed by atoms with Crippen LogP contribution in [-0.4, -0.2) is 6.54 Å². The second-order valence-electron chi connectivity index (χ2n) is 3.55. The van der Waals surface area contributed by atoms with E-state index in [9.17, 15) is 0 Å². The summed E-state index contributed by atoms with van der Waals surface area (Å²) in [7, 11) is 0. The van der Waals surface area contributed by atoms with Gasteiger partial charge in [-0.3, -0.25) is 0 Å². The number of hydrogen-bond donors (Lipinski definition) is 1. The lowest BCUT2D eigenvalue weighted by Crippen LogP contribution is -2.09. The van der Waals surface area contributed by atoms with Crippen molar-refractivity contribution >= 4 is 17.3 Å². The van der Waals surface area contributed by atoms with Crippen LogP contribution >= 0.6 is 11.6 Å². The number of hydrogen-bond acceptors (Lipinski definition) is 2. The van der Waals surface area contributed by atoms with Gasteiger partial charge in [0.05, 0.1) is 16.3 Å². The summed E-state index contributed by atoms with van der Waals surface area (Å²) in [6.45, 7) is 5.07. The number of benzene rings is 1. The molecule has 0 radical (unpaired) electrons. The van der Waals surface area contributed by atoms with Crippen LogP contribution in [-0.2, 0) is 0 Å². The second-order valence-corrected chi connectivity index (χ2v) is 3.96. The zero-order valence-electron chi connectivity index (χ0n) is 8.34. The molecular formula is C11H13ClN2. The zero-order chi connectivity index (χ0) is 10.6. The van der Waals surface area contributed by atoms with Gasteiger partial charge in [-0.15, -0.1) is 0 Å². The lowest BCUT2D eigenvalue weighted by Gasteiger charge is -2.10. The topological polar surface area (TPSA) is 35.8 Å². The maximum atomic E-state index is 8.89. The SMILES string of the molecule is CC(C)CNc1cccc(Cl)c1C#N. The minimum absolute atomic E-state index is 0.501. The van der Waals surface area contributed by atoms with Crippen LogP contribution in [0, 0.1) is 17.2 Å². The van der Waals surface area contributed by atoms with E-state index in [1.54, 1.807) is 6.07 Å². The number of nitriles is 1. The number of halogens is 1. The van der Waals surface area contributed by atoms with Crippen molar-refractivity contribution in [1.29, 1.82) is 5.26 Å². The van der Waals surface area contributed by atoms with Gasteiger partial charge >= 0.3 is 0 Å². The van der Waals surface area contributed by atoms with Gasteiger partial charge in [0.2, 0.25) is 0 Å². The fourth-order valence-corrected chi connectivity index (χ4v) is 1.32. The van der Waals surface area contributed by atoms with E-state index >= 15 is 0 Å². The van der Waals surface area contributed by atoms with E-state index in [-0.39, 0.29) is 0 Å². The molecule has 0 fully saturated rings. The molecular weight excluding hydrogens is 196 g/mol. The number of anilines is 1. The highest BCUT2D eigenvalue weighted by Gasteiger charge is 2.05. The Balaban J connectivity index is 2.87. The van der Waals surface area contributed by atoms with Crippen LogP contribution in [0.15, 0.2) is 18.2 Å². The van der Waals surface area contributed by atoms with Crippen LogP contribution in [0.4, 0.5) is 5.69 Å². The van der Waals surface area contributed by atoms with E-state index in [2.05, 4.69) is 25.2 Å². The zero-order valence-corrected chi connectivity index (χ0v) is 9.10. The van der Waals surface area contributed by atoms with Crippen molar-refractivity contribution in [3.63, 3.8) is 0 Å². The van der Waals surface area contributed by atoms with Crippen LogP contribution < -0.4 is 5.32 Å². The molecule has 3 heteroatoms. The maximum Gasteiger partial charge on any atom is 0.103 e. The van der Waals surface area contributed by atoms with E-state index in [1.807, 2.05) is 12.1 Å². The highest BCUT2D eigenvalue weighted by atomic mass is 35.5. The molecule has 14 heavy (non-hydrogen) atoms. The van der Waals surface area contributed by atoms with E-state index in [1.165, 1.54) is 0 Å². The summed E-state index contributed by atoms with van der Waals surface area (Å²) in [5.41, 5.74) is 1.34. The minimum Gasteiger partial charge on any atom is -0.384 e. The average molecular weight is 209 g/mol. The molecule has 0 unspecified atom stereocenters. The van der Waals surface area contributed by atoms with Gasteiger partial charge in [0.1, 0.15) is 6.07 Å². The lowest BCUT2D eigenvalue weighted by molar-refractivity contribution is 0.689. The normalized spacial score (nSPS) is 9.93. The molecule has 74 valence electrons. The standard InChI is InChI=1S/C11H13ClN2/c1-8(2)7-14-11-5-3-4-10(12)9(11)6-13/h3-5,8,14H,7H2,1-2H3. The Morgan fingerprint density at radius 1 is 1.50 bits per heavy atom. The maximum absolute atomic E-state index is 8.89. The molecule has 0 spiro atoms. The molecule has 0 aliphatic heterocycles. The van der Waals surface area contributed by atoms with Crippen molar-refractivity contribution < 1.29 is 0 Å². The van der Waals surface area contributed by atoms with Gasteiger partial charge in [-0.25, -0.2) is 0 Å². The summed E-state index contributed by atoms with van der Waals surface area (Å²) in [6.07, 6.45) is 0. The minimum atomic E-state index is 0.501. The third-order valence-corrected chi connectivity index (χ3v) is 2.14. The van der Waals surface area contributed by atoms with Crippen LogP contribution in [0.2, 0.25) is 5.02 Å². The van der Waals surface area contributed by atoms with E-state index in [0.29, 0.717) is 16.5 Å². The molecule has 0 aromatic heterocycles. The molecule has 0 amide bonds. The van der Waals surface area contributed by atoms with Gasteiger partial charge < -0.3 is 5.32 Å². The summed E-state index contributed by atoms with van der Waals surface area (Å²) in [5.74, 6) is 0.542. The molecule has 0 aliphatic rings. The first-order chi connectivity index (χ1) is 6.65. The van der Waals surface area contributed by atoms with Crippen molar-refractivity contribution in [3.8, 4) is 6.07 Å². The Morgan fingerprint density at radius 3 is 2.79 bits per heavy atom. The van der Waals surface area contributed by atoms with Gasteiger partial charge in [-0.2, -0.15) is 5.26 Å². The fraction of sp³-hybridized carbons (Fsp3) is 0.364. The first-order valence-corrected chi connectivity index (χ1v) is 4.95. The van der Waals surface area contributed by atoms with E-state index in [0.717, 1.165) is 12.2 Å². The summed E-state index contributed by atoms with van der Waals surface area (Å²) < 4.78 is 0. The Bertz CT molecular complexity index is 353. The molecule has 1 aromatic rings. The second kappa shape index (κ2) is 4.88. The third kappa shape index (κ3) is 2.65. The molecule has 0 saturated heterocycles. The average Bonchev–Trinajstić information content (AvgIpc) is 2.14. The quantitative estimate of drug-likeness (QED) is 0.828. The van der Waals surface area contributed by atoms with Crippen LogP contribution in [0.3, 0.4) is 0 Å². The molecule has 0 heterocycles. The number of rotatable bonds is 3. The lowest BCUT2D eigenvalue weighted by atomic mass is 10.1. The summed E-state index contributed by atoms with van der Waals surface area (Å²) in [4.78, 5) is 0. The van der Waals surface area contributed by atoms with Crippen molar-refractivity contribution in [3.05, 3.63) is 28.8 Å². The molecule has 0 atom stereocenters. The fourth-order valence-electron chi connectivity index (χ4n) is 1.10. The molecule has 2 nitrogen and oxygen atoms in total. The summed E-state index contributed by atoms with van der Waals surface area (Å²) >= 11 is 5.88. The van der Waals surface area contributed by atoms with Gasteiger partial charge in [-0.1, -0.05) is 31.5 Å². The predicted molar refractivity (Wildman–Crippen MR) is 59.5 cm³/mol. The Morgan fingerprint density at radius 2 is 2.21 bits per heavy atom. The number of nitrogens with zero attached hydrogens (tertiary/aromatic N) is 1. The monoisotopic (exact) mass is 208 g/mol. The van der Waals surface area contributed by atoms with Crippen LogP contribution in [0.25, 0.3) is 0 Å². The smallest absolute Gasteiger partial charge is 0.103 e. The van der Waals surface area contributed by atoms with Gasteiger partial charge in [0.25, 0.3) is 0 Å². The molecule has 0 saturated carbocycles. The molecule has 1 aromatic carbocycles. The van der Waals surface area contributed by atoms with Crippen molar-refractivity contribution in [2.75, 3.05) is 11.9 Å². The first-order valence-electron chi connectivity index (χ1n) is 4.57. The first kappa shape index (κ1) is 10.9. The summed E-state index contributed by atoms with van der Waals surface area (Å²) in [6, 6.07) is 7.52. The number of nitrogens with one attached hydrogen (secondary N) is 1. The largest absolute Gasteiger partial charge is 0.384 e. The van der Waals surface area contributed by atoms with Crippen molar-refractivity contribution in [1.82, 2.24) is 0 Å². The molecule has 1 rings (SSSR count). The van der Waals surface area contributed by atoms with Crippen LogP contribution in [0.5, 0.6) is 0 Å². The highest BCUT2D eigenvalue weighted by Crippen LogP contribution is 2.23. The Hall–Kier alpha value is -1.20. The van der Waals surface area contributed by atoms with E-state index in [4.69, 9.17) is 16.9 Å². The van der Waals surface area contributed by atoms with Crippen molar-refractivity contribution in [2.45, 2.75) is 13.8 Å². The molecule has 1 N–H and O–H groups in total. The third-order valence-electron chi connectivity index (χ3n) is 1.83.